The third-order valence-corrected chi connectivity index (χ3v) is 4.28. The van der Waals surface area contributed by atoms with Gasteiger partial charge in [0.05, 0.1) is 12.5 Å². The maximum Gasteiger partial charge on any atom is 0.314 e. The molecule has 0 atom stereocenters. The lowest BCUT2D eigenvalue weighted by atomic mass is 9.90. The zero-order chi connectivity index (χ0) is 12.9. The minimum absolute atomic E-state index is 0.638. The lowest BCUT2D eigenvalue weighted by molar-refractivity contribution is -0.140. The van der Waals surface area contributed by atoms with Crippen molar-refractivity contribution in [3.05, 3.63) is 28.8 Å². The van der Waals surface area contributed by atoms with Crippen molar-refractivity contribution in [3.8, 4) is 5.75 Å². The summed E-state index contributed by atoms with van der Waals surface area (Å²) < 4.78 is 5.39. The van der Waals surface area contributed by atoms with Crippen molar-refractivity contribution in [2.24, 2.45) is 0 Å². The van der Waals surface area contributed by atoms with Gasteiger partial charge in [0.1, 0.15) is 5.75 Å². The molecule has 18 heavy (non-hydrogen) atoms. The fourth-order valence-corrected chi connectivity index (χ4v) is 2.80. The highest BCUT2D eigenvalue weighted by Gasteiger charge is 2.53. The van der Waals surface area contributed by atoms with E-state index in [1.54, 1.807) is 7.11 Å². The van der Waals surface area contributed by atoms with Gasteiger partial charge in [-0.3, -0.25) is 4.79 Å². The van der Waals surface area contributed by atoms with E-state index in [-0.39, 0.29) is 0 Å². The molecule has 0 aromatic heterocycles. The van der Waals surface area contributed by atoms with Crippen molar-refractivity contribution in [1.82, 2.24) is 0 Å². The zero-order valence-corrected chi connectivity index (χ0v) is 10.8. The summed E-state index contributed by atoms with van der Waals surface area (Å²) in [5.74, 6) is 0.655. The van der Waals surface area contributed by atoms with Crippen LogP contribution in [-0.4, -0.2) is 18.2 Å². The van der Waals surface area contributed by atoms with E-state index >= 15 is 0 Å². The third-order valence-electron chi connectivity index (χ3n) is 4.28. The van der Waals surface area contributed by atoms with E-state index in [9.17, 15) is 9.90 Å². The number of aryl methyl sites for hydroxylation is 1. The molecule has 2 saturated carbocycles. The van der Waals surface area contributed by atoms with E-state index < -0.39 is 11.4 Å². The van der Waals surface area contributed by atoms with Gasteiger partial charge in [0.2, 0.25) is 0 Å². The van der Waals surface area contributed by atoms with E-state index in [0.717, 1.165) is 24.2 Å². The van der Waals surface area contributed by atoms with Gasteiger partial charge >= 0.3 is 5.97 Å². The molecule has 0 heterocycles. The lowest BCUT2D eigenvalue weighted by Crippen LogP contribution is -2.20. The number of carboxylic acid groups (broad SMARTS) is 1. The Labute approximate surface area is 107 Å². The average molecular weight is 246 g/mol. The molecule has 0 amide bonds. The summed E-state index contributed by atoms with van der Waals surface area (Å²) in [6.07, 6.45) is 3.91. The van der Waals surface area contributed by atoms with E-state index in [1.807, 2.05) is 6.07 Å². The SMILES string of the molecule is COc1cc(C)c(C2CC2)cc1C1(C(=O)O)CC1. The van der Waals surface area contributed by atoms with Gasteiger partial charge in [-0.15, -0.1) is 0 Å². The summed E-state index contributed by atoms with van der Waals surface area (Å²) in [5, 5.41) is 9.44. The van der Waals surface area contributed by atoms with Crippen molar-refractivity contribution >= 4 is 5.97 Å². The van der Waals surface area contributed by atoms with Gasteiger partial charge in [0.25, 0.3) is 0 Å². The molecule has 2 aliphatic carbocycles. The molecular formula is C15H18O3. The molecule has 0 saturated heterocycles. The van der Waals surface area contributed by atoms with E-state index in [4.69, 9.17) is 4.74 Å². The molecule has 0 aliphatic heterocycles. The molecule has 96 valence electrons. The molecule has 2 fully saturated rings. The van der Waals surface area contributed by atoms with Crippen molar-refractivity contribution in [1.29, 1.82) is 0 Å². The summed E-state index contributed by atoms with van der Waals surface area (Å²) in [6, 6.07) is 4.10. The molecule has 0 radical (unpaired) electrons. The smallest absolute Gasteiger partial charge is 0.314 e. The second-order valence-electron chi connectivity index (χ2n) is 5.57. The molecule has 3 rings (SSSR count). The van der Waals surface area contributed by atoms with Gasteiger partial charge in [-0.25, -0.2) is 0 Å². The van der Waals surface area contributed by atoms with E-state index in [0.29, 0.717) is 5.92 Å². The van der Waals surface area contributed by atoms with Gasteiger partial charge in [0, 0.05) is 5.56 Å². The minimum Gasteiger partial charge on any atom is -0.496 e. The van der Waals surface area contributed by atoms with Gasteiger partial charge in [-0.2, -0.15) is 0 Å². The first kappa shape index (κ1) is 11.6. The van der Waals surface area contributed by atoms with Gasteiger partial charge in [-0.1, -0.05) is 6.07 Å². The Balaban J connectivity index is 2.12. The molecule has 1 aromatic rings. The fourth-order valence-electron chi connectivity index (χ4n) is 2.80. The van der Waals surface area contributed by atoms with Crippen LogP contribution in [0.5, 0.6) is 5.75 Å². The summed E-state index contributed by atoms with van der Waals surface area (Å²) in [4.78, 5) is 11.5. The molecule has 0 bridgehead atoms. The van der Waals surface area contributed by atoms with Crippen molar-refractivity contribution in [3.63, 3.8) is 0 Å². The Bertz CT molecular complexity index is 511. The average Bonchev–Trinajstić information content (AvgIpc) is 3.20. The van der Waals surface area contributed by atoms with Crippen LogP contribution in [0.1, 0.15) is 48.3 Å². The van der Waals surface area contributed by atoms with Crippen molar-refractivity contribution < 1.29 is 14.6 Å². The predicted molar refractivity (Wildman–Crippen MR) is 68.3 cm³/mol. The second-order valence-corrected chi connectivity index (χ2v) is 5.57. The van der Waals surface area contributed by atoms with Gasteiger partial charge < -0.3 is 9.84 Å². The highest BCUT2D eigenvalue weighted by molar-refractivity contribution is 5.86. The normalized spacial score (nSPS) is 20.6. The van der Waals surface area contributed by atoms with Crippen LogP contribution >= 0.6 is 0 Å². The number of ether oxygens (including phenoxy) is 1. The molecule has 2 aliphatic rings. The Kier molecular flexibility index (Phi) is 2.40. The second kappa shape index (κ2) is 3.74. The summed E-state index contributed by atoms with van der Waals surface area (Å²) >= 11 is 0. The molecule has 0 spiro atoms. The first-order valence-corrected chi connectivity index (χ1v) is 6.51. The highest BCUT2D eigenvalue weighted by Crippen LogP contribution is 2.53. The number of carboxylic acids is 1. The number of hydrogen-bond donors (Lipinski definition) is 1. The highest BCUT2D eigenvalue weighted by atomic mass is 16.5. The standard InChI is InChI=1S/C15H18O3/c1-9-7-13(18-2)12(8-11(9)10-3-4-10)15(5-6-15)14(16)17/h7-8,10H,3-6H2,1-2H3,(H,16,17). The minimum atomic E-state index is -0.716. The van der Waals surface area contributed by atoms with Crippen LogP contribution in [-0.2, 0) is 10.2 Å². The monoisotopic (exact) mass is 246 g/mol. The summed E-state index contributed by atoms with van der Waals surface area (Å²) in [5.41, 5.74) is 2.74. The maximum absolute atomic E-state index is 11.5. The predicted octanol–water partition coefficient (Wildman–Crippen LogP) is 3.00. The van der Waals surface area contributed by atoms with Gasteiger partial charge in [-0.05, 0) is 55.7 Å². The Morgan fingerprint density at radius 2 is 2.06 bits per heavy atom. The number of methoxy groups -OCH3 is 1. The van der Waals surface area contributed by atoms with Crippen LogP contribution in [0, 0.1) is 6.92 Å². The number of benzene rings is 1. The van der Waals surface area contributed by atoms with Crippen LogP contribution < -0.4 is 4.74 Å². The lowest BCUT2D eigenvalue weighted by Gasteiger charge is -2.18. The van der Waals surface area contributed by atoms with Crippen LogP contribution in [0.25, 0.3) is 0 Å². The van der Waals surface area contributed by atoms with Crippen LogP contribution in [0.3, 0.4) is 0 Å². The number of hydrogen-bond acceptors (Lipinski definition) is 2. The van der Waals surface area contributed by atoms with Crippen molar-refractivity contribution in [2.45, 2.75) is 43.9 Å². The van der Waals surface area contributed by atoms with Crippen LogP contribution in [0.4, 0.5) is 0 Å². The van der Waals surface area contributed by atoms with Crippen molar-refractivity contribution in [2.75, 3.05) is 7.11 Å². The summed E-state index contributed by atoms with van der Waals surface area (Å²) in [6.45, 7) is 2.08. The summed E-state index contributed by atoms with van der Waals surface area (Å²) in [7, 11) is 1.62. The maximum atomic E-state index is 11.5. The van der Waals surface area contributed by atoms with E-state index in [2.05, 4.69) is 13.0 Å². The fraction of sp³-hybridized carbons (Fsp3) is 0.533. The van der Waals surface area contributed by atoms with Crippen LogP contribution in [0.2, 0.25) is 0 Å². The Morgan fingerprint density at radius 3 is 2.50 bits per heavy atom. The molecule has 3 nitrogen and oxygen atoms in total. The largest absolute Gasteiger partial charge is 0.496 e. The van der Waals surface area contributed by atoms with Crippen LogP contribution in [0.15, 0.2) is 12.1 Å². The number of carbonyl (C=O) groups is 1. The quantitative estimate of drug-likeness (QED) is 0.888. The molecular weight excluding hydrogens is 228 g/mol. The third kappa shape index (κ3) is 1.61. The molecule has 1 N–H and O–H groups in total. The number of rotatable bonds is 4. The molecule has 3 heteroatoms. The van der Waals surface area contributed by atoms with Gasteiger partial charge in [0.15, 0.2) is 0 Å². The first-order chi connectivity index (χ1) is 8.58. The topological polar surface area (TPSA) is 46.5 Å². The molecule has 1 aromatic carbocycles. The van der Waals surface area contributed by atoms with E-state index in [1.165, 1.54) is 24.0 Å². The molecule has 0 unspecified atom stereocenters. The zero-order valence-electron chi connectivity index (χ0n) is 10.8. The first-order valence-electron chi connectivity index (χ1n) is 6.51. The number of aliphatic carboxylic acids is 1. The Hall–Kier alpha value is -1.51. The Morgan fingerprint density at radius 1 is 1.39 bits per heavy atom.